The maximum Gasteiger partial charge on any atom is 0.251 e. The lowest BCUT2D eigenvalue weighted by molar-refractivity contribution is 0.0945. The molecule has 2 rings (SSSR count). The molecule has 1 amide bonds. The molecule has 19 heavy (non-hydrogen) atoms. The summed E-state index contributed by atoms with van der Waals surface area (Å²) in [6.45, 7) is 2.07. The van der Waals surface area contributed by atoms with E-state index in [0.29, 0.717) is 30.2 Å². The van der Waals surface area contributed by atoms with E-state index in [1.807, 2.05) is 0 Å². The lowest BCUT2D eigenvalue weighted by Crippen LogP contribution is -2.29. The molecular formula is C13H17N3O3. The molecule has 1 unspecified atom stereocenters. The van der Waals surface area contributed by atoms with Crippen LogP contribution in [0.1, 0.15) is 22.3 Å². The van der Waals surface area contributed by atoms with Gasteiger partial charge in [0.05, 0.1) is 6.61 Å². The zero-order valence-corrected chi connectivity index (χ0v) is 10.5. The fraction of sp³-hybridized carbons (Fsp3) is 0.385. The summed E-state index contributed by atoms with van der Waals surface area (Å²) in [5.41, 5.74) is 6.49. The molecule has 0 spiro atoms. The van der Waals surface area contributed by atoms with E-state index in [4.69, 9.17) is 15.7 Å². The van der Waals surface area contributed by atoms with Crippen molar-refractivity contribution < 1.29 is 14.7 Å². The van der Waals surface area contributed by atoms with Crippen molar-refractivity contribution in [1.82, 2.24) is 5.32 Å². The van der Waals surface area contributed by atoms with Gasteiger partial charge in [-0.25, -0.2) is 0 Å². The second-order valence-electron chi connectivity index (χ2n) is 4.51. The third kappa shape index (κ3) is 3.45. The van der Waals surface area contributed by atoms with E-state index in [1.165, 1.54) is 0 Å². The number of amides is 1. The van der Waals surface area contributed by atoms with Crippen LogP contribution in [0.25, 0.3) is 0 Å². The smallest absolute Gasteiger partial charge is 0.251 e. The van der Waals surface area contributed by atoms with Crippen molar-refractivity contribution in [3.63, 3.8) is 0 Å². The van der Waals surface area contributed by atoms with Crippen LogP contribution in [0.2, 0.25) is 0 Å². The number of oxime groups is 1. The van der Waals surface area contributed by atoms with Gasteiger partial charge in [-0.05, 0) is 18.6 Å². The zero-order valence-electron chi connectivity index (χ0n) is 10.5. The first-order chi connectivity index (χ1) is 9.20. The summed E-state index contributed by atoms with van der Waals surface area (Å²) in [5, 5.41) is 14.4. The van der Waals surface area contributed by atoms with E-state index in [9.17, 15) is 4.79 Å². The van der Waals surface area contributed by atoms with Gasteiger partial charge in [0.1, 0.15) is 0 Å². The molecule has 0 aliphatic carbocycles. The monoisotopic (exact) mass is 263 g/mol. The SMILES string of the molecule is N/C(=N/O)c1cccc(C(=O)NCC2CCOC2)c1. The summed E-state index contributed by atoms with van der Waals surface area (Å²) in [4.78, 5) is 12.0. The van der Waals surface area contributed by atoms with Crippen molar-refractivity contribution in [2.24, 2.45) is 16.8 Å². The van der Waals surface area contributed by atoms with E-state index >= 15 is 0 Å². The van der Waals surface area contributed by atoms with Crippen molar-refractivity contribution in [2.75, 3.05) is 19.8 Å². The van der Waals surface area contributed by atoms with Crippen LogP contribution in [-0.4, -0.2) is 36.7 Å². The normalized spacial score (nSPS) is 19.4. The number of nitrogens with zero attached hydrogens (tertiary/aromatic N) is 1. The molecule has 4 N–H and O–H groups in total. The molecule has 1 atom stereocenters. The average molecular weight is 263 g/mol. The summed E-state index contributed by atoms with van der Waals surface area (Å²) < 4.78 is 5.25. The third-order valence-corrected chi connectivity index (χ3v) is 3.10. The van der Waals surface area contributed by atoms with Gasteiger partial charge in [0.2, 0.25) is 0 Å². The molecule has 0 aromatic heterocycles. The largest absolute Gasteiger partial charge is 0.409 e. The summed E-state index contributed by atoms with van der Waals surface area (Å²) in [6.07, 6.45) is 0.977. The summed E-state index contributed by atoms with van der Waals surface area (Å²) in [6, 6.07) is 6.65. The van der Waals surface area contributed by atoms with Crippen LogP contribution in [0.4, 0.5) is 0 Å². The Kier molecular flexibility index (Phi) is 4.35. The van der Waals surface area contributed by atoms with Crippen molar-refractivity contribution in [2.45, 2.75) is 6.42 Å². The Morgan fingerprint density at radius 3 is 3.00 bits per heavy atom. The second kappa shape index (κ2) is 6.19. The number of carbonyl (C=O) groups is 1. The summed E-state index contributed by atoms with van der Waals surface area (Å²) in [5.74, 6) is 0.203. The lowest BCUT2D eigenvalue weighted by Gasteiger charge is -2.10. The minimum absolute atomic E-state index is 0.0150. The molecule has 1 heterocycles. The van der Waals surface area contributed by atoms with Gasteiger partial charge in [0, 0.05) is 30.2 Å². The number of hydrogen-bond donors (Lipinski definition) is 3. The van der Waals surface area contributed by atoms with Gasteiger partial charge in [-0.2, -0.15) is 0 Å². The van der Waals surface area contributed by atoms with Crippen LogP contribution in [0.3, 0.4) is 0 Å². The summed E-state index contributed by atoms with van der Waals surface area (Å²) >= 11 is 0. The molecule has 1 aromatic rings. The van der Waals surface area contributed by atoms with E-state index in [2.05, 4.69) is 10.5 Å². The van der Waals surface area contributed by atoms with Crippen LogP contribution in [0, 0.1) is 5.92 Å². The number of benzene rings is 1. The number of carbonyl (C=O) groups excluding carboxylic acids is 1. The van der Waals surface area contributed by atoms with Crippen LogP contribution in [-0.2, 0) is 4.74 Å². The first-order valence-corrected chi connectivity index (χ1v) is 6.14. The van der Waals surface area contributed by atoms with Gasteiger partial charge in [-0.15, -0.1) is 0 Å². The maximum absolute atomic E-state index is 12.0. The molecule has 0 radical (unpaired) electrons. The molecule has 1 saturated heterocycles. The molecule has 1 aliphatic heterocycles. The second-order valence-corrected chi connectivity index (χ2v) is 4.51. The van der Waals surface area contributed by atoms with Gasteiger partial charge >= 0.3 is 0 Å². The molecule has 0 bridgehead atoms. The predicted molar refractivity (Wildman–Crippen MR) is 70.2 cm³/mol. The first kappa shape index (κ1) is 13.4. The highest BCUT2D eigenvalue weighted by molar-refractivity contribution is 6.01. The maximum atomic E-state index is 12.0. The Hall–Kier alpha value is -2.08. The number of ether oxygens (including phenoxy) is 1. The van der Waals surface area contributed by atoms with Crippen molar-refractivity contribution in [3.05, 3.63) is 35.4 Å². The number of nitrogens with two attached hydrogens (primary N) is 1. The third-order valence-electron chi connectivity index (χ3n) is 3.10. The molecule has 6 nitrogen and oxygen atoms in total. The molecule has 1 aliphatic rings. The van der Waals surface area contributed by atoms with E-state index in [-0.39, 0.29) is 11.7 Å². The Labute approximate surface area is 111 Å². The van der Waals surface area contributed by atoms with Gasteiger partial charge in [0.15, 0.2) is 5.84 Å². The molecule has 1 aromatic carbocycles. The number of hydrogen-bond acceptors (Lipinski definition) is 4. The zero-order chi connectivity index (χ0) is 13.7. The topological polar surface area (TPSA) is 96.9 Å². The highest BCUT2D eigenvalue weighted by Crippen LogP contribution is 2.11. The Morgan fingerprint density at radius 2 is 2.32 bits per heavy atom. The first-order valence-electron chi connectivity index (χ1n) is 6.14. The Morgan fingerprint density at radius 1 is 1.53 bits per heavy atom. The Bertz CT molecular complexity index is 482. The minimum atomic E-state index is -0.167. The quantitative estimate of drug-likeness (QED) is 0.320. The van der Waals surface area contributed by atoms with Gasteiger partial charge in [-0.3, -0.25) is 4.79 Å². The molecule has 102 valence electrons. The molecule has 6 heteroatoms. The van der Waals surface area contributed by atoms with Crippen LogP contribution < -0.4 is 11.1 Å². The summed E-state index contributed by atoms with van der Waals surface area (Å²) in [7, 11) is 0. The van der Waals surface area contributed by atoms with Gasteiger partial charge in [0.25, 0.3) is 5.91 Å². The highest BCUT2D eigenvalue weighted by Gasteiger charge is 2.17. The fourth-order valence-electron chi connectivity index (χ4n) is 1.96. The van der Waals surface area contributed by atoms with Gasteiger partial charge in [-0.1, -0.05) is 17.3 Å². The van der Waals surface area contributed by atoms with Gasteiger partial charge < -0.3 is 21.0 Å². The Balaban J connectivity index is 1.98. The standard InChI is InChI=1S/C13H17N3O3/c14-12(16-18)10-2-1-3-11(6-10)13(17)15-7-9-4-5-19-8-9/h1-3,6,9,18H,4-5,7-8H2,(H2,14,16)(H,15,17). The van der Waals surface area contributed by atoms with Crippen LogP contribution >= 0.6 is 0 Å². The van der Waals surface area contributed by atoms with E-state index < -0.39 is 0 Å². The van der Waals surface area contributed by atoms with Crippen molar-refractivity contribution in [3.8, 4) is 0 Å². The van der Waals surface area contributed by atoms with Crippen LogP contribution in [0.5, 0.6) is 0 Å². The molecule has 0 saturated carbocycles. The van der Waals surface area contributed by atoms with Crippen LogP contribution in [0.15, 0.2) is 29.4 Å². The van der Waals surface area contributed by atoms with E-state index in [1.54, 1.807) is 24.3 Å². The predicted octanol–water partition coefficient (Wildman–Crippen LogP) is 0.547. The molecular weight excluding hydrogens is 246 g/mol. The molecule has 1 fully saturated rings. The lowest BCUT2D eigenvalue weighted by atomic mass is 10.1. The average Bonchev–Trinajstić information content (AvgIpc) is 2.97. The number of rotatable bonds is 4. The number of amidine groups is 1. The minimum Gasteiger partial charge on any atom is -0.409 e. The fourth-order valence-corrected chi connectivity index (χ4v) is 1.96. The highest BCUT2D eigenvalue weighted by atomic mass is 16.5. The number of nitrogens with one attached hydrogen (secondary N) is 1. The van der Waals surface area contributed by atoms with E-state index in [0.717, 1.165) is 13.0 Å². The van der Waals surface area contributed by atoms with Crippen molar-refractivity contribution >= 4 is 11.7 Å². The van der Waals surface area contributed by atoms with Crippen molar-refractivity contribution in [1.29, 1.82) is 0 Å².